The van der Waals surface area contributed by atoms with Crippen molar-refractivity contribution in [3.8, 4) is 0 Å². The van der Waals surface area contributed by atoms with Crippen molar-refractivity contribution in [1.82, 2.24) is 14.8 Å². The van der Waals surface area contributed by atoms with E-state index in [-0.39, 0.29) is 22.9 Å². The fourth-order valence-electron chi connectivity index (χ4n) is 3.97. The number of anilines is 2. The zero-order valence-corrected chi connectivity index (χ0v) is 18.3. The van der Waals surface area contributed by atoms with Gasteiger partial charge in [-0.15, -0.1) is 5.10 Å². The zero-order chi connectivity index (χ0) is 22.1. The fourth-order valence-corrected chi connectivity index (χ4v) is 4.93. The third-order valence-corrected chi connectivity index (χ3v) is 6.98. The molecule has 0 spiro atoms. The molecule has 0 aliphatic carbocycles. The molecule has 0 fully saturated rings. The average Bonchev–Trinajstić information content (AvgIpc) is 3.22. The summed E-state index contributed by atoms with van der Waals surface area (Å²) in [7, 11) is -3.78. The summed E-state index contributed by atoms with van der Waals surface area (Å²) in [6, 6.07) is 26.6. The molecule has 0 amide bonds. The SMILES string of the molecule is Cc1ccc([C@H]2C[C@@H](c3ccccc3)Nc3nc(NS(=O)(=O)c4ccccc4)nn32)cc1. The van der Waals surface area contributed by atoms with Crippen molar-refractivity contribution < 1.29 is 8.42 Å². The third kappa shape index (κ3) is 3.97. The largest absolute Gasteiger partial charge is 0.347 e. The Morgan fingerprint density at radius 1 is 0.906 bits per heavy atom. The third-order valence-electron chi connectivity index (χ3n) is 5.63. The number of fused-ring (bicyclic) bond motifs is 1. The van der Waals surface area contributed by atoms with E-state index in [9.17, 15) is 8.42 Å². The van der Waals surface area contributed by atoms with Crippen LogP contribution >= 0.6 is 0 Å². The van der Waals surface area contributed by atoms with Crippen LogP contribution in [0.1, 0.15) is 35.2 Å². The average molecular weight is 446 g/mol. The number of nitrogens with zero attached hydrogens (tertiary/aromatic N) is 3. The van der Waals surface area contributed by atoms with Gasteiger partial charge in [0.05, 0.1) is 17.0 Å². The Balaban J connectivity index is 1.52. The van der Waals surface area contributed by atoms with Crippen molar-refractivity contribution in [3.05, 3.63) is 102 Å². The zero-order valence-electron chi connectivity index (χ0n) is 17.5. The van der Waals surface area contributed by atoms with Crippen LogP contribution in [0.3, 0.4) is 0 Å². The first-order chi connectivity index (χ1) is 15.5. The highest BCUT2D eigenvalue weighted by Crippen LogP contribution is 2.38. The lowest BCUT2D eigenvalue weighted by atomic mass is 9.93. The molecule has 5 rings (SSSR count). The van der Waals surface area contributed by atoms with Crippen LogP contribution in [-0.4, -0.2) is 23.2 Å². The van der Waals surface area contributed by atoms with E-state index in [2.05, 4.69) is 63.4 Å². The number of sulfonamides is 1. The molecule has 1 aliphatic rings. The second-order valence-corrected chi connectivity index (χ2v) is 9.57. The summed E-state index contributed by atoms with van der Waals surface area (Å²) < 4.78 is 29.8. The van der Waals surface area contributed by atoms with E-state index in [1.165, 1.54) is 17.7 Å². The van der Waals surface area contributed by atoms with Crippen LogP contribution in [0.2, 0.25) is 0 Å². The van der Waals surface area contributed by atoms with Crippen molar-refractivity contribution >= 4 is 21.9 Å². The van der Waals surface area contributed by atoms with Crippen LogP contribution in [0.25, 0.3) is 0 Å². The van der Waals surface area contributed by atoms with E-state index in [4.69, 9.17) is 0 Å². The Morgan fingerprint density at radius 3 is 2.25 bits per heavy atom. The summed E-state index contributed by atoms with van der Waals surface area (Å²) in [4.78, 5) is 4.65. The van der Waals surface area contributed by atoms with Crippen LogP contribution in [0.15, 0.2) is 89.8 Å². The lowest BCUT2D eigenvalue weighted by Gasteiger charge is -2.31. The molecule has 0 bridgehead atoms. The van der Waals surface area contributed by atoms with Gasteiger partial charge in [-0.3, -0.25) is 0 Å². The number of nitrogens with one attached hydrogen (secondary N) is 2. The van der Waals surface area contributed by atoms with Gasteiger partial charge in [-0.2, -0.15) is 4.98 Å². The molecule has 7 nitrogen and oxygen atoms in total. The summed E-state index contributed by atoms with van der Waals surface area (Å²) in [6.07, 6.45) is 0.758. The van der Waals surface area contributed by atoms with Gasteiger partial charge >= 0.3 is 0 Å². The van der Waals surface area contributed by atoms with Crippen LogP contribution in [-0.2, 0) is 10.0 Å². The number of aromatic nitrogens is 3. The second-order valence-electron chi connectivity index (χ2n) is 7.89. The summed E-state index contributed by atoms with van der Waals surface area (Å²) in [5, 5.41) is 7.95. The maximum Gasteiger partial charge on any atom is 0.264 e. The van der Waals surface area contributed by atoms with E-state index >= 15 is 0 Å². The van der Waals surface area contributed by atoms with Gasteiger partial charge in [0.25, 0.3) is 16.0 Å². The highest BCUT2D eigenvalue weighted by Gasteiger charge is 2.31. The van der Waals surface area contributed by atoms with Gasteiger partial charge in [-0.25, -0.2) is 17.8 Å². The molecule has 0 saturated heterocycles. The van der Waals surface area contributed by atoms with Crippen LogP contribution in [0, 0.1) is 6.92 Å². The van der Waals surface area contributed by atoms with Gasteiger partial charge in [0, 0.05) is 0 Å². The highest BCUT2D eigenvalue weighted by molar-refractivity contribution is 7.92. The van der Waals surface area contributed by atoms with E-state index < -0.39 is 10.0 Å². The minimum atomic E-state index is -3.78. The standard InChI is InChI=1S/C24H23N5O2S/c1-17-12-14-19(15-13-17)22-16-21(18-8-4-2-5-9-18)25-24-26-23(27-29(22)24)28-32(30,31)20-10-6-3-7-11-20/h2-15,21-22H,16H2,1H3,(H2,25,26,27,28)/t21-,22+/m0/s1. The second kappa shape index (κ2) is 8.12. The van der Waals surface area contributed by atoms with Gasteiger partial charge in [0.15, 0.2) is 0 Å². The number of benzene rings is 3. The summed E-state index contributed by atoms with van der Waals surface area (Å²) in [5.74, 6) is 0.573. The number of aryl methyl sites for hydroxylation is 1. The van der Waals surface area contributed by atoms with E-state index in [0.717, 1.165) is 17.5 Å². The molecular weight excluding hydrogens is 422 g/mol. The number of rotatable bonds is 5. The molecule has 2 heterocycles. The van der Waals surface area contributed by atoms with Crippen molar-refractivity contribution in [1.29, 1.82) is 0 Å². The fraction of sp³-hybridized carbons (Fsp3) is 0.167. The first kappa shape index (κ1) is 20.3. The molecule has 1 aliphatic heterocycles. The first-order valence-corrected chi connectivity index (χ1v) is 11.9. The van der Waals surface area contributed by atoms with E-state index in [0.29, 0.717) is 5.95 Å². The summed E-state index contributed by atoms with van der Waals surface area (Å²) in [6.45, 7) is 2.05. The minimum absolute atomic E-state index is 0.0257. The molecule has 32 heavy (non-hydrogen) atoms. The molecule has 162 valence electrons. The van der Waals surface area contributed by atoms with Gasteiger partial charge < -0.3 is 5.32 Å². The van der Waals surface area contributed by atoms with Crippen LogP contribution in [0.4, 0.5) is 11.9 Å². The van der Waals surface area contributed by atoms with Gasteiger partial charge in [0.1, 0.15) is 0 Å². The molecule has 3 aromatic carbocycles. The molecule has 0 saturated carbocycles. The van der Waals surface area contributed by atoms with Crippen molar-refractivity contribution in [2.45, 2.75) is 30.3 Å². The molecule has 1 aromatic heterocycles. The predicted octanol–water partition coefficient (Wildman–Crippen LogP) is 4.53. The molecule has 2 atom stereocenters. The Labute approximate surface area is 187 Å². The van der Waals surface area contributed by atoms with Crippen molar-refractivity contribution in [2.75, 3.05) is 10.0 Å². The highest BCUT2D eigenvalue weighted by atomic mass is 32.2. The van der Waals surface area contributed by atoms with E-state index in [1.807, 2.05) is 18.2 Å². The summed E-state index contributed by atoms with van der Waals surface area (Å²) in [5.41, 5.74) is 3.42. The molecule has 8 heteroatoms. The Bertz CT molecular complexity index is 1320. The normalized spacial score (nSPS) is 17.9. The van der Waals surface area contributed by atoms with Gasteiger partial charge in [0.2, 0.25) is 5.95 Å². The number of hydrogen-bond donors (Lipinski definition) is 2. The quantitative estimate of drug-likeness (QED) is 0.471. The van der Waals surface area contributed by atoms with Crippen molar-refractivity contribution in [2.24, 2.45) is 0 Å². The molecule has 4 aromatic rings. The molecule has 2 N–H and O–H groups in total. The lowest BCUT2D eigenvalue weighted by Crippen LogP contribution is -2.28. The maximum atomic E-state index is 12.8. The van der Waals surface area contributed by atoms with Gasteiger partial charge in [-0.05, 0) is 36.6 Å². The van der Waals surface area contributed by atoms with Crippen LogP contribution < -0.4 is 10.0 Å². The number of hydrogen-bond acceptors (Lipinski definition) is 5. The predicted molar refractivity (Wildman–Crippen MR) is 124 cm³/mol. The van der Waals surface area contributed by atoms with Crippen LogP contribution in [0.5, 0.6) is 0 Å². The Morgan fingerprint density at radius 2 is 1.56 bits per heavy atom. The smallest absolute Gasteiger partial charge is 0.264 e. The Kier molecular flexibility index (Phi) is 5.14. The monoisotopic (exact) mass is 445 g/mol. The summed E-state index contributed by atoms with van der Waals surface area (Å²) >= 11 is 0. The maximum absolute atomic E-state index is 12.8. The van der Waals surface area contributed by atoms with Crippen molar-refractivity contribution in [3.63, 3.8) is 0 Å². The molecule has 0 radical (unpaired) electrons. The minimum Gasteiger partial charge on any atom is -0.347 e. The first-order valence-electron chi connectivity index (χ1n) is 10.4. The Hall–Kier alpha value is -3.65. The van der Waals surface area contributed by atoms with E-state index in [1.54, 1.807) is 22.9 Å². The topological polar surface area (TPSA) is 88.9 Å². The molecular formula is C24H23N5O2S. The van der Waals surface area contributed by atoms with Gasteiger partial charge in [-0.1, -0.05) is 78.4 Å². The molecule has 0 unspecified atom stereocenters. The lowest BCUT2D eigenvalue weighted by molar-refractivity contribution is 0.431.